The van der Waals surface area contributed by atoms with Gasteiger partial charge < -0.3 is 5.11 Å². The van der Waals surface area contributed by atoms with Crippen LogP contribution in [0.5, 0.6) is 0 Å². The Morgan fingerprint density at radius 3 is 2.59 bits per heavy atom. The van der Waals surface area contributed by atoms with Crippen LogP contribution in [-0.4, -0.2) is 11.1 Å². The summed E-state index contributed by atoms with van der Waals surface area (Å²) in [5.74, 6) is -0.641. The van der Waals surface area contributed by atoms with E-state index in [1.54, 1.807) is 0 Å². The fourth-order valence-corrected chi connectivity index (χ4v) is 2.93. The Morgan fingerprint density at radius 2 is 2.00 bits per heavy atom. The molecular weight excluding hydrogens is 236 g/mol. The van der Waals surface area contributed by atoms with Crippen LogP contribution in [0.15, 0.2) is 24.3 Å². The van der Waals surface area contributed by atoms with Crippen molar-refractivity contribution in [2.24, 2.45) is 11.8 Å². The van der Waals surface area contributed by atoms with Gasteiger partial charge in [-0.3, -0.25) is 4.79 Å². The van der Waals surface area contributed by atoms with E-state index >= 15 is 0 Å². The van der Waals surface area contributed by atoms with E-state index in [4.69, 9.17) is 11.6 Å². The Balaban J connectivity index is 2.12. The fourth-order valence-electron chi connectivity index (χ4n) is 2.72. The van der Waals surface area contributed by atoms with E-state index in [2.05, 4.69) is 0 Å². The van der Waals surface area contributed by atoms with E-state index in [1.807, 2.05) is 24.3 Å². The molecule has 0 saturated heterocycles. The van der Waals surface area contributed by atoms with Crippen LogP contribution in [0.4, 0.5) is 0 Å². The van der Waals surface area contributed by atoms with Crippen molar-refractivity contribution in [3.8, 4) is 0 Å². The predicted octanol–water partition coefficient (Wildman–Crippen LogP) is 3.77. The molecule has 1 N–H and O–H groups in total. The Labute approximate surface area is 107 Å². The standard InChI is InChI=1S/C14H17ClO2/c15-13-8-4-3-7-11(13)9-12(14(16)17)10-5-1-2-6-10/h3-4,7-8,10,12H,1-2,5-6,9H2,(H,16,17). The number of hydrogen-bond acceptors (Lipinski definition) is 1. The van der Waals surface area contributed by atoms with Gasteiger partial charge in [-0.1, -0.05) is 42.6 Å². The zero-order valence-corrected chi connectivity index (χ0v) is 10.5. The van der Waals surface area contributed by atoms with Gasteiger partial charge in [-0.25, -0.2) is 0 Å². The van der Waals surface area contributed by atoms with Crippen molar-refractivity contribution in [2.75, 3.05) is 0 Å². The minimum absolute atomic E-state index is 0.280. The molecule has 1 atom stereocenters. The van der Waals surface area contributed by atoms with Crippen LogP contribution in [-0.2, 0) is 11.2 Å². The summed E-state index contributed by atoms with van der Waals surface area (Å²) in [6.07, 6.45) is 4.97. The number of carboxylic acid groups (broad SMARTS) is 1. The summed E-state index contributed by atoms with van der Waals surface area (Å²) in [4.78, 5) is 11.4. The lowest BCUT2D eigenvalue weighted by Crippen LogP contribution is -2.24. The molecule has 1 unspecified atom stereocenters. The van der Waals surface area contributed by atoms with Crippen molar-refractivity contribution in [1.82, 2.24) is 0 Å². The molecule has 1 fully saturated rings. The highest BCUT2D eigenvalue weighted by Crippen LogP contribution is 2.34. The molecule has 1 aromatic rings. The van der Waals surface area contributed by atoms with Gasteiger partial charge in [-0.15, -0.1) is 0 Å². The molecule has 0 bridgehead atoms. The number of hydrogen-bond donors (Lipinski definition) is 1. The van der Waals surface area contributed by atoms with Gasteiger partial charge in [0.25, 0.3) is 0 Å². The summed E-state index contributed by atoms with van der Waals surface area (Å²) >= 11 is 6.09. The van der Waals surface area contributed by atoms with Gasteiger partial charge in [0.05, 0.1) is 5.92 Å². The SMILES string of the molecule is O=C(O)C(Cc1ccccc1Cl)C1CCCC1. The Kier molecular flexibility index (Phi) is 4.06. The number of carbonyl (C=O) groups is 1. The molecular formula is C14H17ClO2. The molecule has 0 aliphatic heterocycles. The lowest BCUT2D eigenvalue weighted by molar-refractivity contribution is -0.143. The molecule has 92 valence electrons. The zero-order chi connectivity index (χ0) is 12.3. The average Bonchev–Trinajstić information content (AvgIpc) is 2.81. The van der Waals surface area contributed by atoms with Crippen LogP contribution in [0.3, 0.4) is 0 Å². The Hall–Kier alpha value is -1.02. The maximum atomic E-state index is 11.4. The van der Waals surface area contributed by atoms with Crippen molar-refractivity contribution in [1.29, 1.82) is 0 Å². The molecule has 1 aliphatic carbocycles. The third kappa shape index (κ3) is 3.01. The first-order valence-corrected chi connectivity index (χ1v) is 6.52. The molecule has 0 radical (unpaired) electrons. The van der Waals surface area contributed by atoms with Gasteiger partial charge in [-0.05, 0) is 36.8 Å². The molecule has 0 heterocycles. The molecule has 1 aromatic carbocycles. The number of benzene rings is 1. The summed E-state index contributed by atoms with van der Waals surface area (Å²) < 4.78 is 0. The minimum Gasteiger partial charge on any atom is -0.481 e. The van der Waals surface area contributed by atoms with Gasteiger partial charge in [0.1, 0.15) is 0 Å². The van der Waals surface area contributed by atoms with Crippen LogP contribution < -0.4 is 0 Å². The highest BCUT2D eigenvalue weighted by Gasteiger charge is 2.30. The van der Waals surface area contributed by atoms with Crippen molar-refractivity contribution in [3.63, 3.8) is 0 Å². The van der Waals surface area contributed by atoms with E-state index in [0.29, 0.717) is 17.4 Å². The number of rotatable bonds is 4. The van der Waals surface area contributed by atoms with Crippen LogP contribution >= 0.6 is 11.6 Å². The van der Waals surface area contributed by atoms with Crippen molar-refractivity contribution < 1.29 is 9.90 Å². The predicted molar refractivity (Wildman–Crippen MR) is 68.2 cm³/mol. The van der Waals surface area contributed by atoms with Gasteiger partial charge in [0.2, 0.25) is 0 Å². The minimum atomic E-state index is -0.684. The zero-order valence-electron chi connectivity index (χ0n) is 9.73. The van der Waals surface area contributed by atoms with Gasteiger partial charge in [0.15, 0.2) is 0 Å². The monoisotopic (exact) mass is 252 g/mol. The summed E-state index contributed by atoms with van der Waals surface area (Å²) in [6, 6.07) is 7.53. The third-order valence-corrected chi connectivity index (χ3v) is 4.05. The quantitative estimate of drug-likeness (QED) is 0.886. The topological polar surface area (TPSA) is 37.3 Å². The van der Waals surface area contributed by atoms with E-state index in [0.717, 1.165) is 31.2 Å². The van der Waals surface area contributed by atoms with Crippen LogP contribution in [0.25, 0.3) is 0 Å². The molecule has 17 heavy (non-hydrogen) atoms. The summed E-state index contributed by atoms with van der Waals surface area (Å²) in [5, 5.41) is 10.0. The number of halogens is 1. The summed E-state index contributed by atoms with van der Waals surface area (Å²) in [5.41, 5.74) is 0.952. The average molecular weight is 253 g/mol. The first kappa shape index (κ1) is 12.4. The Morgan fingerprint density at radius 1 is 1.35 bits per heavy atom. The van der Waals surface area contributed by atoms with Crippen molar-refractivity contribution in [3.05, 3.63) is 34.9 Å². The summed E-state index contributed by atoms with van der Waals surface area (Å²) in [6.45, 7) is 0. The number of carboxylic acids is 1. The molecule has 0 amide bonds. The maximum absolute atomic E-state index is 11.4. The van der Waals surface area contributed by atoms with Crippen LogP contribution in [0.2, 0.25) is 5.02 Å². The van der Waals surface area contributed by atoms with E-state index in [-0.39, 0.29) is 5.92 Å². The summed E-state index contributed by atoms with van der Waals surface area (Å²) in [7, 11) is 0. The smallest absolute Gasteiger partial charge is 0.307 e. The van der Waals surface area contributed by atoms with Crippen LogP contribution in [0.1, 0.15) is 31.2 Å². The first-order valence-electron chi connectivity index (χ1n) is 6.14. The van der Waals surface area contributed by atoms with E-state index in [1.165, 1.54) is 0 Å². The first-order chi connectivity index (χ1) is 8.18. The molecule has 1 saturated carbocycles. The molecule has 0 aromatic heterocycles. The second-order valence-corrected chi connectivity index (χ2v) is 5.19. The third-order valence-electron chi connectivity index (χ3n) is 3.68. The van der Waals surface area contributed by atoms with Gasteiger partial charge in [0, 0.05) is 5.02 Å². The van der Waals surface area contributed by atoms with Crippen molar-refractivity contribution >= 4 is 17.6 Å². The van der Waals surface area contributed by atoms with Gasteiger partial charge >= 0.3 is 5.97 Å². The van der Waals surface area contributed by atoms with E-state index in [9.17, 15) is 9.90 Å². The molecule has 2 rings (SSSR count). The highest BCUT2D eigenvalue weighted by atomic mass is 35.5. The largest absolute Gasteiger partial charge is 0.481 e. The normalized spacial score (nSPS) is 18.2. The second-order valence-electron chi connectivity index (χ2n) is 4.78. The molecule has 0 spiro atoms. The van der Waals surface area contributed by atoms with Crippen molar-refractivity contribution in [2.45, 2.75) is 32.1 Å². The fraction of sp³-hybridized carbons (Fsp3) is 0.500. The van der Waals surface area contributed by atoms with E-state index < -0.39 is 5.97 Å². The number of aliphatic carboxylic acids is 1. The Bertz CT molecular complexity index is 397. The lowest BCUT2D eigenvalue weighted by Gasteiger charge is -2.19. The molecule has 3 heteroatoms. The maximum Gasteiger partial charge on any atom is 0.307 e. The second kappa shape index (κ2) is 5.54. The highest BCUT2D eigenvalue weighted by molar-refractivity contribution is 6.31. The van der Waals surface area contributed by atoms with Crippen LogP contribution in [0, 0.1) is 11.8 Å². The lowest BCUT2D eigenvalue weighted by atomic mass is 9.86. The van der Waals surface area contributed by atoms with Gasteiger partial charge in [-0.2, -0.15) is 0 Å². The molecule has 2 nitrogen and oxygen atoms in total. The molecule has 1 aliphatic rings.